The molecule has 0 saturated heterocycles. The summed E-state index contributed by atoms with van der Waals surface area (Å²) in [6.45, 7) is 0.868. The van der Waals surface area contributed by atoms with Crippen molar-refractivity contribution >= 4 is 57.4 Å². The summed E-state index contributed by atoms with van der Waals surface area (Å²) in [6.07, 6.45) is 0.811. The number of carboxylic acid groups (broad SMARTS) is 1. The van der Waals surface area contributed by atoms with Gasteiger partial charge in [0.2, 0.25) is 0 Å². The van der Waals surface area contributed by atoms with Gasteiger partial charge in [0.1, 0.15) is 13.2 Å². The summed E-state index contributed by atoms with van der Waals surface area (Å²) in [4.78, 5) is 22.0. The first-order valence-corrected chi connectivity index (χ1v) is 13.8. The summed E-state index contributed by atoms with van der Waals surface area (Å²) in [5.41, 5.74) is 2.92. The second-order valence-electron chi connectivity index (χ2n) is 7.98. The van der Waals surface area contributed by atoms with Crippen molar-refractivity contribution in [3.8, 4) is 23.0 Å². The molecule has 0 aliphatic carbocycles. The summed E-state index contributed by atoms with van der Waals surface area (Å²) in [6, 6.07) is 26.3. The Bertz CT molecular complexity index is 1390. The van der Waals surface area contributed by atoms with Gasteiger partial charge in [-0.15, -0.1) is 0 Å². The van der Waals surface area contributed by atoms with E-state index in [9.17, 15) is 9.59 Å². The first kappa shape index (κ1) is 30.2. The number of benzene rings is 4. The number of ether oxygens (including phenoxy) is 4. The number of methoxy groups -OCH3 is 2. The van der Waals surface area contributed by atoms with Crippen molar-refractivity contribution in [2.75, 3.05) is 14.2 Å². The zero-order valence-corrected chi connectivity index (χ0v) is 25.5. The number of carbonyl (C=O) groups is 2. The Hall–Kier alpha value is -3.32. The van der Waals surface area contributed by atoms with E-state index in [-0.39, 0.29) is 5.56 Å². The molecule has 4 aromatic carbocycles. The minimum absolute atomic E-state index is 0.203. The first-order valence-electron chi connectivity index (χ1n) is 11.6. The van der Waals surface area contributed by atoms with Crippen LogP contribution in [0.5, 0.6) is 23.0 Å². The number of halogens is 2. The van der Waals surface area contributed by atoms with Crippen molar-refractivity contribution in [3.63, 3.8) is 0 Å². The molecular formula is C30H26I2O7. The van der Waals surface area contributed by atoms with E-state index >= 15 is 0 Å². The molecule has 0 spiro atoms. The summed E-state index contributed by atoms with van der Waals surface area (Å²) >= 11 is 4.08. The Morgan fingerprint density at radius 1 is 0.718 bits per heavy atom. The van der Waals surface area contributed by atoms with E-state index in [4.69, 9.17) is 24.1 Å². The van der Waals surface area contributed by atoms with Gasteiger partial charge in [-0.1, -0.05) is 60.7 Å². The maximum Gasteiger partial charge on any atom is 0.336 e. The average molecular weight is 752 g/mol. The molecule has 4 aromatic rings. The summed E-state index contributed by atoms with van der Waals surface area (Å²) in [7, 11) is 3.05. The predicted molar refractivity (Wildman–Crippen MR) is 165 cm³/mol. The van der Waals surface area contributed by atoms with Crippen LogP contribution in [0.4, 0.5) is 0 Å². The lowest BCUT2D eigenvalue weighted by Crippen LogP contribution is -2.03. The van der Waals surface area contributed by atoms with Crippen LogP contribution in [-0.4, -0.2) is 31.6 Å². The second-order valence-corrected chi connectivity index (χ2v) is 10.3. The SMILES string of the molecule is COc1cc(C(=O)O)c(I)cc1OCc1ccccc1.COc1cc(C=O)c(I)cc1OCc1ccccc1. The van der Waals surface area contributed by atoms with Gasteiger partial charge in [0.05, 0.1) is 19.8 Å². The molecule has 0 heterocycles. The van der Waals surface area contributed by atoms with Crippen molar-refractivity contribution in [2.45, 2.75) is 13.2 Å². The zero-order chi connectivity index (χ0) is 28.2. The van der Waals surface area contributed by atoms with Crippen LogP contribution in [0.25, 0.3) is 0 Å². The fourth-order valence-corrected chi connectivity index (χ4v) is 4.59. The van der Waals surface area contributed by atoms with Crippen molar-refractivity contribution in [1.82, 2.24) is 0 Å². The molecule has 202 valence electrons. The molecule has 39 heavy (non-hydrogen) atoms. The van der Waals surface area contributed by atoms with E-state index in [1.165, 1.54) is 13.2 Å². The monoisotopic (exact) mass is 752 g/mol. The molecule has 0 saturated carbocycles. The highest BCUT2D eigenvalue weighted by Crippen LogP contribution is 2.33. The summed E-state index contributed by atoms with van der Waals surface area (Å²) in [5.74, 6) is 1.17. The predicted octanol–water partition coefficient (Wildman–Crippen LogP) is 7.27. The maximum atomic E-state index is 11.1. The van der Waals surface area contributed by atoms with Gasteiger partial charge in [-0.25, -0.2) is 4.79 Å². The lowest BCUT2D eigenvalue weighted by atomic mass is 10.2. The molecule has 4 rings (SSSR count). The third kappa shape index (κ3) is 8.85. The van der Waals surface area contributed by atoms with Gasteiger partial charge in [-0.3, -0.25) is 4.79 Å². The summed E-state index contributed by atoms with van der Waals surface area (Å²) < 4.78 is 23.3. The fourth-order valence-electron chi connectivity index (χ4n) is 3.36. The third-order valence-electron chi connectivity index (χ3n) is 5.37. The molecular weight excluding hydrogens is 726 g/mol. The Morgan fingerprint density at radius 2 is 1.18 bits per heavy atom. The topological polar surface area (TPSA) is 91.3 Å². The van der Waals surface area contributed by atoms with Gasteiger partial charge in [0.15, 0.2) is 29.3 Å². The van der Waals surface area contributed by atoms with E-state index < -0.39 is 5.97 Å². The first-order chi connectivity index (χ1) is 18.9. The van der Waals surface area contributed by atoms with Crippen LogP contribution in [0.2, 0.25) is 0 Å². The van der Waals surface area contributed by atoms with E-state index in [0.29, 0.717) is 45.3 Å². The Morgan fingerprint density at radius 3 is 1.62 bits per heavy atom. The molecule has 7 nitrogen and oxygen atoms in total. The van der Waals surface area contributed by atoms with E-state index in [0.717, 1.165) is 21.0 Å². The molecule has 0 fully saturated rings. The third-order valence-corrected chi connectivity index (χ3v) is 7.19. The van der Waals surface area contributed by atoms with E-state index in [1.807, 2.05) is 89.3 Å². The highest BCUT2D eigenvalue weighted by Gasteiger charge is 2.15. The lowest BCUT2D eigenvalue weighted by Gasteiger charge is -2.12. The smallest absolute Gasteiger partial charge is 0.336 e. The molecule has 0 aromatic heterocycles. The van der Waals surface area contributed by atoms with E-state index in [1.54, 1.807) is 19.2 Å². The maximum absolute atomic E-state index is 11.1. The minimum atomic E-state index is -0.984. The Balaban J connectivity index is 0.000000216. The number of hydrogen-bond donors (Lipinski definition) is 1. The largest absolute Gasteiger partial charge is 0.493 e. The van der Waals surface area contributed by atoms with Gasteiger partial charge in [-0.05, 0) is 80.6 Å². The quantitative estimate of drug-likeness (QED) is 0.135. The molecule has 9 heteroatoms. The van der Waals surface area contributed by atoms with Gasteiger partial charge in [0.25, 0.3) is 0 Å². The van der Waals surface area contributed by atoms with E-state index in [2.05, 4.69) is 22.6 Å². The van der Waals surface area contributed by atoms with Crippen molar-refractivity contribution in [3.05, 3.63) is 114 Å². The number of aromatic carboxylic acids is 1. The number of carbonyl (C=O) groups excluding carboxylic acids is 1. The van der Waals surface area contributed by atoms with Gasteiger partial charge in [-0.2, -0.15) is 0 Å². The van der Waals surface area contributed by atoms with Crippen LogP contribution in [-0.2, 0) is 13.2 Å². The highest BCUT2D eigenvalue weighted by atomic mass is 127. The van der Waals surface area contributed by atoms with Crippen LogP contribution in [0.1, 0.15) is 31.8 Å². The van der Waals surface area contributed by atoms with Crippen LogP contribution in [0.15, 0.2) is 84.9 Å². The molecule has 0 amide bonds. The molecule has 0 aliphatic heterocycles. The number of carboxylic acids is 1. The molecule has 0 bridgehead atoms. The highest BCUT2D eigenvalue weighted by molar-refractivity contribution is 14.1. The number of hydrogen-bond acceptors (Lipinski definition) is 6. The van der Waals surface area contributed by atoms with Crippen molar-refractivity contribution in [2.24, 2.45) is 0 Å². The average Bonchev–Trinajstić information content (AvgIpc) is 2.96. The number of aldehydes is 1. The summed E-state index contributed by atoms with van der Waals surface area (Å²) in [5, 5.41) is 9.08. The van der Waals surface area contributed by atoms with Crippen molar-refractivity contribution in [1.29, 1.82) is 0 Å². The van der Waals surface area contributed by atoms with Crippen LogP contribution in [0, 0.1) is 7.14 Å². The fraction of sp³-hybridized carbons (Fsp3) is 0.133. The number of rotatable bonds is 10. The van der Waals surface area contributed by atoms with Gasteiger partial charge < -0.3 is 24.1 Å². The Labute approximate surface area is 254 Å². The Kier molecular flexibility index (Phi) is 11.9. The van der Waals surface area contributed by atoms with Gasteiger partial charge >= 0.3 is 5.97 Å². The molecule has 0 aliphatic rings. The molecule has 0 unspecified atom stereocenters. The lowest BCUT2D eigenvalue weighted by molar-refractivity contribution is 0.0695. The molecule has 0 atom stereocenters. The van der Waals surface area contributed by atoms with Gasteiger partial charge in [0, 0.05) is 12.7 Å². The van der Waals surface area contributed by atoms with Crippen LogP contribution in [0.3, 0.4) is 0 Å². The molecule has 0 radical (unpaired) electrons. The van der Waals surface area contributed by atoms with Crippen molar-refractivity contribution < 1.29 is 33.6 Å². The minimum Gasteiger partial charge on any atom is -0.493 e. The van der Waals surface area contributed by atoms with Crippen LogP contribution < -0.4 is 18.9 Å². The zero-order valence-electron chi connectivity index (χ0n) is 21.2. The standard InChI is InChI=1S/C15H13IO4.C15H13IO3/c1-19-13-7-11(15(17)18)12(16)8-14(13)20-9-10-5-3-2-4-6-10;1-18-14-7-12(9-17)13(16)8-15(14)19-10-11-5-3-2-4-6-11/h2-8H,9H2,1H3,(H,17,18);2-9H,10H2,1H3. The second kappa shape index (κ2) is 15.3. The normalized spacial score (nSPS) is 10.1. The molecule has 1 N–H and O–H groups in total. The van der Waals surface area contributed by atoms with Crippen LogP contribution >= 0.6 is 45.2 Å².